The van der Waals surface area contributed by atoms with Crippen LogP contribution < -0.4 is 10.9 Å². The van der Waals surface area contributed by atoms with Gasteiger partial charge in [-0.2, -0.15) is 0 Å². The highest BCUT2D eigenvalue weighted by Crippen LogP contribution is 2.11. The van der Waals surface area contributed by atoms with Crippen molar-refractivity contribution in [3.8, 4) is 0 Å². The largest absolute Gasteiger partial charge is 0.481 e. The molecule has 0 amide bonds. The molecular weight excluding hydrogens is 234 g/mol. The number of aromatic nitrogens is 2. The first-order valence-corrected chi connectivity index (χ1v) is 5.99. The van der Waals surface area contributed by atoms with Crippen LogP contribution in [0.5, 0.6) is 0 Å². The smallest absolute Gasteiger partial charge is 0.308 e. The number of nitrogens with zero attached hydrogens (tertiary/aromatic N) is 2. The molecule has 18 heavy (non-hydrogen) atoms. The molecule has 6 heteroatoms. The number of anilines is 1. The van der Waals surface area contributed by atoms with Crippen LogP contribution >= 0.6 is 0 Å². The highest BCUT2D eigenvalue weighted by Gasteiger charge is 2.21. The van der Waals surface area contributed by atoms with Gasteiger partial charge in [0.1, 0.15) is 0 Å². The first kappa shape index (κ1) is 14.2. The van der Waals surface area contributed by atoms with E-state index in [1.54, 1.807) is 6.20 Å². The van der Waals surface area contributed by atoms with Crippen LogP contribution in [0.1, 0.15) is 20.8 Å². The predicted octanol–water partition coefficient (Wildman–Crippen LogP) is 1.03. The molecule has 0 aromatic carbocycles. The molecule has 0 aliphatic heterocycles. The van der Waals surface area contributed by atoms with Gasteiger partial charge in [0, 0.05) is 25.5 Å². The number of carboxylic acids is 1. The minimum absolute atomic E-state index is 0.00730. The lowest BCUT2D eigenvalue weighted by molar-refractivity contribution is -0.142. The van der Waals surface area contributed by atoms with Gasteiger partial charge in [0.25, 0.3) is 5.56 Å². The van der Waals surface area contributed by atoms with Crippen LogP contribution in [0.3, 0.4) is 0 Å². The van der Waals surface area contributed by atoms with Gasteiger partial charge in [-0.05, 0) is 12.8 Å². The molecule has 0 aliphatic carbocycles. The first-order valence-electron chi connectivity index (χ1n) is 5.99. The summed E-state index contributed by atoms with van der Waals surface area (Å²) in [6.45, 7) is 6.29. The zero-order valence-corrected chi connectivity index (χ0v) is 10.9. The zero-order valence-electron chi connectivity index (χ0n) is 10.9. The van der Waals surface area contributed by atoms with Crippen LogP contribution in [0.15, 0.2) is 17.2 Å². The van der Waals surface area contributed by atoms with E-state index in [1.165, 1.54) is 10.8 Å². The molecule has 1 aromatic heterocycles. The van der Waals surface area contributed by atoms with Crippen molar-refractivity contribution in [3.63, 3.8) is 0 Å². The molecule has 1 heterocycles. The quantitative estimate of drug-likeness (QED) is 0.791. The standard InChI is InChI=1S/C12H19N3O3/c1-4-15-6-5-13-10(11(15)16)14-7-9(8(2)3)12(17)18/h5-6,8-9H,4,7H2,1-3H3,(H,13,14)(H,17,18). The van der Waals surface area contributed by atoms with Crippen LogP contribution in [-0.4, -0.2) is 27.2 Å². The fourth-order valence-electron chi connectivity index (χ4n) is 1.63. The lowest BCUT2D eigenvalue weighted by Gasteiger charge is -2.17. The Bertz CT molecular complexity index is 468. The number of rotatable bonds is 6. The summed E-state index contributed by atoms with van der Waals surface area (Å²) in [7, 11) is 0. The van der Waals surface area contributed by atoms with Gasteiger partial charge in [0.05, 0.1) is 5.92 Å². The minimum atomic E-state index is -0.871. The van der Waals surface area contributed by atoms with Crippen molar-refractivity contribution in [3.05, 3.63) is 22.7 Å². The minimum Gasteiger partial charge on any atom is -0.481 e. The van der Waals surface area contributed by atoms with E-state index in [1.807, 2.05) is 20.8 Å². The summed E-state index contributed by atoms with van der Waals surface area (Å²) < 4.78 is 1.51. The Morgan fingerprint density at radius 1 is 1.56 bits per heavy atom. The zero-order chi connectivity index (χ0) is 13.7. The molecule has 100 valence electrons. The number of nitrogens with one attached hydrogen (secondary N) is 1. The van der Waals surface area contributed by atoms with Gasteiger partial charge < -0.3 is 15.0 Å². The fraction of sp³-hybridized carbons (Fsp3) is 0.583. The van der Waals surface area contributed by atoms with E-state index < -0.39 is 11.9 Å². The van der Waals surface area contributed by atoms with Crippen LogP contribution in [0.4, 0.5) is 5.82 Å². The highest BCUT2D eigenvalue weighted by molar-refractivity contribution is 5.71. The summed E-state index contributed by atoms with van der Waals surface area (Å²) in [5.74, 6) is -1.22. The summed E-state index contributed by atoms with van der Waals surface area (Å²) in [4.78, 5) is 26.8. The maximum absolute atomic E-state index is 11.8. The Morgan fingerprint density at radius 3 is 2.72 bits per heavy atom. The maximum Gasteiger partial charge on any atom is 0.308 e. The Hall–Kier alpha value is -1.85. The van der Waals surface area contributed by atoms with Gasteiger partial charge in [-0.15, -0.1) is 0 Å². The molecular formula is C12H19N3O3. The number of carboxylic acid groups (broad SMARTS) is 1. The SMILES string of the molecule is CCn1ccnc(NCC(C(=O)O)C(C)C)c1=O. The fourth-order valence-corrected chi connectivity index (χ4v) is 1.63. The van der Waals surface area contributed by atoms with Crippen molar-refractivity contribution in [2.45, 2.75) is 27.3 Å². The molecule has 0 bridgehead atoms. The molecule has 0 fully saturated rings. The summed E-state index contributed by atoms with van der Waals surface area (Å²) in [5.41, 5.74) is -0.229. The number of hydrogen-bond acceptors (Lipinski definition) is 4. The Kier molecular flexibility index (Phi) is 4.88. The number of aliphatic carboxylic acids is 1. The van der Waals surface area contributed by atoms with Crippen molar-refractivity contribution in [1.29, 1.82) is 0 Å². The highest BCUT2D eigenvalue weighted by atomic mass is 16.4. The van der Waals surface area contributed by atoms with E-state index in [0.29, 0.717) is 6.54 Å². The van der Waals surface area contributed by atoms with Crippen LogP contribution in [0.2, 0.25) is 0 Å². The second-order valence-electron chi connectivity index (χ2n) is 4.44. The van der Waals surface area contributed by atoms with Crippen molar-refractivity contribution in [2.75, 3.05) is 11.9 Å². The molecule has 0 saturated heterocycles. The molecule has 0 spiro atoms. The van der Waals surface area contributed by atoms with Gasteiger partial charge in [-0.3, -0.25) is 9.59 Å². The molecule has 1 rings (SSSR count). The Morgan fingerprint density at radius 2 is 2.22 bits per heavy atom. The molecule has 0 aliphatic rings. The number of carbonyl (C=O) groups is 1. The molecule has 0 saturated carbocycles. The van der Waals surface area contributed by atoms with E-state index >= 15 is 0 Å². The monoisotopic (exact) mass is 253 g/mol. The van der Waals surface area contributed by atoms with E-state index in [-0.39, 0.29) is 23.8 Å². The van der Waals surface area contributed by atoms with Crippen molar-refractivity contribution in [2.24, 2.45) is 11.8 Å². The molecule has 1 aromatic rings. The first-order chi connectivity index (χ1) is 8.47. The van der Waals surface area contributed by atoms with Gasteiger partial charge >= 0.3 is 5.97 Å². The molecule has 1 atom stereocenters. The van der Waals surface area contributed by atoms with Crippen LogP contribution in [0, 0.1) is 11.8 Å². The Labute approximate surface area is 106 Å². The molecule has 2 N–H and O–H groups in total. The maximum atomic E-state index is 11.8. The van der Waals surface area contributed by atoms with E-state index in [0.717, 1.165) is 0 Å². The van der Waals surface area contributed by atoms with E-state index in [2.05, 4.69) is 10.3 Å². The average Bonchev–Trinajstić information content (AvgIpc) is 2.30. The normalized spacial score (nSPS) is 12.4. The molecule has 0 radical (unpaired) electrons. The third kappa shape index (κ3) is 3.32. The van der Waals surface area contributed by atoms with Crippen molar-refractivity contribution in [1.82, 2.24) is 9.55 Å². The third-order valence-corrected chi connectivity index (χ3v) is 2.87. The molecule has 6 nitrogen and oxygen atoms in total. The van der Waals surface area contributed by atoms with Crippen LogP contribution in [-0.2, 0) is 11.3 Å². The Balaban J connectivity index is 2.80. The average molecular weight is 253 g/mol. The lowest BCUT2D eigenvalue weighted by Crippen LogP contribution is -2.31. The van der Waals surface area contributed by atoms with Gasteiger partial charge in [0.2, 0.25) is 0 Å². The molecule has 1 unspecified atom stereocenters. The summed E-state index contributed by atoms with van der Waals surface area (Å²) in [6.07, 6.45) is 3.13. The summed E-state index contributed by atoms with van der Waals surface area (Å²) in [5, 5.41) is 11.9. The van der Waals surface area contributed by atoms with Crippen molar-refractivity contribution >= 4 is 11.8 Å². The second kappa shape index (κ2) is 6.18. The summed E-state index contributed by atoms with van der Waals surface area (Å²) in [6, 6.07) is 0. The van der Waals surface area contributed by atoms with Gasteiger partial charge in [-0.1, -0.05) is 13.8 Å². The number of hydrogen-bond donors (Lipinski definition) is 2. The van der Waals surface area contributed by atoms with E-state index in [9.17, 15) is 9.59 Å². The topological polar surface area (TPSA) is 84.2 Å². The predicted molar refractivity (Wildman–Crippen MR) is 68.6 cm³/mol. The van der Waals surface area contributed by atoms with Gasteiger partial charge in [0.15, 0.2) is 5.82 Å². The number of aryl methyl sites for hydroxylation is 1. The second-order valence-corrected chi connectivity index (χ2v) is 4.44. The third-order valence-electron chi connectivity index (χ3n) is 2.87. The van der Waals surface area contributed by atoms with E-state index in [4.69, 9.17) is 5.11 Å². The lowest BCUT2D eigenvalue weighted by atomic mass is 9.96. The summed E-state index contributed by atoms with van der Waals surface area (Å²) >= 11 is 0. The van der Waals surface area contributed by atoms with Crippen LogP contribution in [0.25, 0.3) is 0 Å². The van der Waals surface area contributed by atoms with Gasteiger partial charge in [-0.25, -0.2) is 4.98 Å². The van der Waals surface area contributed by atoms with Crippen molar-refractivity contribution < 1.29 is 9.90 Å².